The molecule has 1 aliphatic rings. The van der Waals surface area contributed by atoms with E-state index < -0.39 is 17.6 Å². The maximum absolute atomic E-state index is 14.0. The van der Waals surface area contributed by atoms with E-state index in [2.05, 4.69) is 10.2 Å². The number of nitrogens with two attached hydrogens (primary N) is 1. The molecule has 0 radical (unpaired) electrons. The van der Waals surface area contributed by atoms with Crippen molar-refractivity contribution < 1.29 is 18.4 Å². The van der Waals surface area contributed by atoms with Gasteiger partial charge >= 0.3 is 0 Å². The molecule has 0 spiro atoms. The number of amides is 2. The average molecular weight is 393 g/mol. The van der Waals surface area contributed by atoms with Gasteiger partial charge in [-0.1, -0.05) is 12.1 Å². The van der Waals surface area contributed by atoms with Crippen LogP contribution < -0.4 is 16.0 Å². The standard InChI is InChI=1S/C22H20FN3O3/c23-16-6-2-1-5-15(16)19-9-10-20(29-19)22(28)25-17-13-14(21(24)27)7-8-18(17)26-11-3-4-12-26/h1-2,5-10,13H,3-4,11-12H2,(H2,24,27)(H,25,28). The molecule has 1 aliphatic heterocycles. The predicted molar refractivity (Wildman–Crippen MR) is 108 cm³/mol. The first kappa shape index (κ1) is 18.7. The van der Waals surface area contributed by atoms with E-state index in [0.717, 1.165) is 31.6 Å². The van der Waals surface area contributed by atoms with E-state index in [9.17, 15) is 14.0 Å². The molecule has 29 heavy (non-hydrogen) atoms. The summed E-state index contributed by atoms with van der Waals surface area (Å²) in [6.07, 6.45) is 2.13. The minimum Gasteiger partial charge on any atom is -0.451 e. The van der Waals surface area contributed by atoms with E-state index >= 15 is 0 Å². The summed E-state index contributed by atoms with van der Waals surface area (Å²) in [4.78, 5) is 26.5. The summed E-state index contributed by atoms with van der Waals surface area (Å²) in [5.41, 5.74) is 7.27. The van der Waals surface area contributed by atoms with Crippen LogP contribution in [0.4, 0.5) is 15.8 Å². The van der Waals surface area contributed by atoms with Gasteiger partial charge in [0.15, 0.2) is 5.76 Å². The molecule has 6 nitrogen and oxygen atoms in total. The minimum absolute atomic E-state index is 0.0418. The van der Waals surface area contributed by atoms with Crippen molar-refractivity contribution in [3.8, 4) is 11.3 Å². The number of carbonyl (C=O) groups is 2. The highest BCUT2D eigenvalue weighted by atomic mass is 19.1. The number of carbonyl (C=O) groups excluding carboxylic acids is 2. The number of primary amides is 1. The number of hydrogen-bond donors (Lipinski definition) is 2. The van der Waals surface area contributed by atoms with E-state index in [4.69, 9.17) is 10.2 Å². The Balaban J connectivity index is 1.62. The number of halogens is 1. The molecule has 1 fully saturated rings. The SMILES string of the molecule is NC(=O)c1ccc(N2CCCC2)c(NC(=O)c2ccc(-c3ccccc3F)o2)c1. The third-order valence-corrected chi connectivity index (χ3v) is 4.95. The molecule has 0 atom stereocenters. The summed E-state index contributed by atoms with van der Waals surface area (Å²) in [6, 6.07) is 14.2. The summed E-state index contributed by atoms with van der Waals surface area (Å²) in [6.45, 7) is 1.74. The topological polar surface area (TPSA) is 88.6 Å². The minimum atomic E-state index is -0.576. The third kappa shape index (κ3) is 3.85. The van der Waals surface area contributed by atoms with E-state index in [1.165, 1.54) is 12.1 Å². The Labute approximate surface area is 167 Å². The second kappa shape index (κ2) is 7.79. The molecule has 1 saturated heterocycles. The summed E-state index contributed by atoms with van der Waals surface area (Å²) in [5.74, 6) is -1.19. The van der Waals surface area contributed by atoms with Gasteiger partial charge < -0.3 is 20.4 Å². The Morgan fingerprint density at radius 2 is 1.79 bits per heavy atom. The molecule has 148 valence electrons. The Bertz CT molecular complexity index is 1070. The normalized spacial score (nSPS) is 13.5. The molecule has 3 N–H and O–H groups in total. The molecule has 7 heteroatoms. The van der Waals surface area contributed by atoms with Crippen molar-refractivity contribution in [1.29, 1.82) is 0 Å². The van der Waals surface area contributed by atoms with Gasteiger partial charge in [0.05, 0.1) is 16.9 Å². The Morgan fingerprint density at radius 1 is 1.03 bits per heavy atom. The summed E-state index contributed by atoms with van der Waals surface area (Å²) in [5, 5.41) is 2.80. The first-order valence-corrected chi connectivity index (χ1v) is 9.38. The van der Waals surface area contributed by atoms with Crippen LogP contribution in [0.3, 0.4) is 0 Å². The molecular weight excluding hydrogens is 373 g/mol. The van der Waals surface area contributed by atoms with Crippen molar-refractivity contribution in [2.45, 2.75) is 12.8 Å². The van der Waals surface area contributed by atoms with Gasteiger partial charge in [-0.15, -0.1) is 0 Å². The average Bonchev–Trinajstić information content (AvgIpc) is 3.40. The fraction of sp³-hybridized carbons (Fsp3) is 0.182. The van der Waals surface area contributed by atoms with Gasteiger partial charge in [-0.25, -0.2) is 4.39 Å². The molecule has 0 bridgehead atoms. The number of benzene rings is 2. The maximum Gasteiger partial charge on any atom is 0.291 e. The van der Waals surface area contributed by atoms with Crippen LogP contribution in [-0.2, 0) is 0 Å². The zero-order chi connectivity index (χ0) is 20.4. The first-order chi connectivity index (χ1) is 14.0. The smallest absolute Gasteiger partial charge is 0.291 e. The molecular formula is C22H20FN3O3. The lowest BCUT2D eigenvalue weighted by molar-refractivity contribution is 0.0988. The molecule has 2 aromatic carbocycles. The van der Waals surface area contributed by atoms with E-state index in [1.807, 2.05) is 0 Å². The molecule has 2 amide bonds. The second-order valence-electron chi connectivity index (χ2n) is 6.89. The highest BCUT2D eigenvalue weighted by Gasteiger charge is 2.20. The molecule has 0 aliphatic carbocycles. The van der Waals surface area contributed by atoms with Crippen LogP contribution in [0.1, 0.15) is 33.8 Å². The molecule has 1 aromatic heterocycles. The molecule has 4 rings (SSSR count). The Morgan fingerprint density at radius 3 is 2.52 bits per heavy atom. The molecule has 0 unspecified atom stereocenters. The van der Waals surface area contributed by atoms with Crippen LogP contribution in [0.15, 0.2) is 59.0 Å². The van der Waals surface area contributed by atoms with Gasteiger partial charge in [0, 0.05) is 18.7 Å². The largest absolute Gasteiger partial charge is 0.451 e. The predicted octanol–water partition coefficient (Wildman–Crippen LogP) is 4.04. The monoisotopic (exact) mass is 393 g/mol. The van der Waals surface area contributed by atoms with Gasteiger partial charge in [-0.3, -0.25) is 9.59 Å². The van der Waals surface area contributed by atoms with Crippen LogP contribution in [0.2, 0.25) is 0 Å². The lowest BCUT2D eigenvalue weighted by Gasteiger charge is -2.22. The van der Waals surface area contributed by atoms with Gasteiger partial charge in [0.2, 0.25) is 5.91 Å². The first-order valence-electron chi connectivity index (χ1n) is 9.38. The van der Waals surface area contributed by atoms with Gasteiger partial charge in [0.1, 0.15) is 11.6 Å². The number of hydrogen-bond acceptors (Lipinski definition) is 4. The van der Waals surface area contributed by atoms with E-state index in [1.54, 1.807) is 42.5 Å². The lowest BCUT2D eigenvalue weighted by atomic mass is 10.1. The van der Waals surface area contributed by atoms with Crippen LogP contribution in [0.5, 0.6) is 0 Å². The zero-order valence-electron chi connectivity index (χ0n) is 15.7. The maximum atomic E-state index is 14.0. The van der Waals surface area contributed by atoms with Gasteiger partial charge in [0.25, 0.3) is 5.91 Å². The number of nitrogens with zero attached hydrogens (tertiary/aromatic N) is 1. The van der Waals surface area contributed by atoms with Crippen molar-refractivity contribution >= 4 is 23.2 Å². The van der Waals surface area contributed by atoms with Crippen molar-refractivity contribution in [3.63, 3.8) is 0 Å². The van der Waals surface area contributed by atoms with Crippen LogP contribution >= 0.6 is 0 Å². The number of furan rings is 1. The van der Waals surface area contributed by atoms with Crippen molar-refractivity contribution in [1.82, 2.24) is 0 Å². The fourth-order valence-corrected chi connectivity index (χ4v) is 3.47. The quantitative estimate of drug-likeness (QED) is 0.685. The van der Waals surface area contributed by atoms with Gasteiger partial charge in [-0.05, 0) is 55.3 Å². The summed E-state index contributed by atoms with van der Waals surface area (Å²) in [7, 11) is 0. The Hall–Kier alpha value is -3.61. The summed E-state index contributed by atoms with van der Waals surface area (Å²) < 4.78 is 19.5. The molecule has 0 saturated carbocycles. The highest BCUT2D eigenvalue weighted by Crippen LogP contribution is 2.31. The molecule has 2 heterocycles. The lowest BCUT2D eigenvalue weighted by Crippen LogP contribution is -2.22. The number of rotatable bonds is 5. The second-order valence-corrected chi connectivity index (χ2v) is 6.89. The summed E-state index contributed by atoms with van der Waals surface area (Å²) >= 11 is 0. The van der Waals surface area contributed by atoms with Gasteiger partial charge in [-0.2, -0.15) is 0 Å². The number of nitrogens with one attached hydrogen (secondary N) is 1. The van der Waals surface area contributed by atoms with Crippen molar-refractivity contribution in [2.24, 2.45) is 5.73 Å². The van der Waals surface area contributed by atoms with E-state index in [0.29, 0.717) is 11.3 Å². The van der Waals surface area contributed by atoms with Crippen LogP contribution in [-0.4, -0.2) is 24.9 Å². The molecule has 3 aromatic rings. The highest BCUT2D eigenvalue weighted by molar-refractivity contribution is 6.05. The fourth-order valence-electron chi connectivity index (χ4n) is 3.47. The van der Waals surface area contributed by atoms with Crippen molar-refractivity contribution in [2.75, 3.05) is 23.3 Å². The van der Waals surface area contributed by atoms with Crippen LogP contribution in [0.25, 0.3) is 11.3 Å². The van der Waals surface area contributed by atoms with E-state index in [-0.39, 0.29) is 17.1 Å². The third-order valence-electron chi connectivity index (χ3n) is 4.95. The number of anilines is 2. The zero-order valence-corrected chi connectivity index (χ0v) is 15.7. The Kier molecular flexibility index (Phi) is 5.03. The van der Waals surface area contributed by atoms with Crippen molar-refractivity contribution in [3.05, 3.63) is 71.7 Å². The van der Waals surface area contributed by atoms with Crippen LogP contribution in [0, 0.1) is 5.82 Å².